The number of piperidine rings is 1. The third-order valence-corrected chi connectivity index (χ3v) is 3.31. The molecular formula is C14H20ClN3O2. The number of halogens is 1. The van der Waals surface area contributed by atoms with Crippen molar-refractivity contribution >= 4 is 29.9 Å². The molecule has 0 saturated carbocycles. The van der Waals surface area contributed by atoms with E-state index in [2.05, 4.69) is 16.0 Å². The fourth-order valence-electron chi connectivity index (χ4n) is 2.17. The topological polar surface area (TPSA) is 70.2 Å². The zero-order chi connectivity index (χ0) is 13.7. The zero-order valence-corrected chi connectivity index (χ0v) is 12.3. The van der Waals surface area contributed by atoms with Crippen molar-refractivity contribution in [2.45, 2.75) is 12.8 Å². The van der Waals surface area contributed by atoms with E-state index in [4.69, 9.17) is 0 Å². The summed E-state index contributed by atoms with van der Waals surface area (Å²) in [5.74, 6) is -0.0541. The van der Waals surface area contributed by atoms with E-state index in [0.29, 0.717) is 5.56 Å². The minimum absolute atomic E-state index is 0. The lowest BCUT2D eigenvalue weighted by Gasteiger charge is -2.21. The van der Waals surface area contributed by atoms with Crippen molar-refractivity contribution in [3.05, 3.63) is 29.8 Å². The van der Waals surface area contributed by atoms with Gasteiger partial charge < -0.3 is 16.0 Å². The monoisotopic (exact) mass is 297 g/mol. The number of rotatable bonds is 3. The highest BCUT2D eigenvalue weighted by Crippen LogP contribution is 2.15. The van der Waals surface area contributed by atoms with Gasteiger partial charge in [0, 0.05) is 24.8 Å². The Labute approximate surface area is 124 Å². The summed E-state index contributed by atoms with van der Waals surface area (Å²) < 4.78 is 0. The molecule has 1 aromatic carbocycles. The minimum Gasteiger partial charge on any atom is -0.355 e. The maximum Gasteiger partial charge on any atom is 0.251 e. The molecule has 0 unspecified atom stereocenters. The molecule has 0 spiro atoms. The first-order valence-corrected chi connectivity index (χ1v) is 6.54. The van der Waals surface area contributed by atoms with Gasteiger partial charge in [0.05, 0.1) is 5.92 Å². The SMILES string of the molecule is CNC(=O)c1ccc(NC(=O)[C@@H]2CCCNC2)cc1.Cl. The normalized spacial score (nSPS) is 17.8. The highest BCUT2D eigenvalue weighted by atomic mass is 35.5. The van der Waals surface area contributed by atoms with Crippen LogP contribution in [-0.2, 0) is 4.79 Å². The standard InChI is InChI=1S/C14H19N3O2.ClH/c1-15-13(18)10-4-6-12(7-5-10)17-14(19)11-3-2-8-16-9-11;/h4-7,11,16H,2-3,8-9H2,1H3,(H,15,18)(H,17,19);1H/t11-;/m1./s1. The second kappa shape index (κ2) is 7.87. The van der Waals surface area contributed by atoms with E-state index < -0.39 is 0 Å². The Balaban J connectivity index is 0.00000200. The Hall–Kier alpha value is -1.59. The van der Waals surface area contributed by atoms with Crippen LogP contribution in [0.15, 0.2) is 24.3 Å². The molecule has 6 heteroatoms. The van der Waals surface area contributed by atoms with Crippen LogP contribution in [0.2, 0.25) is 0 Å². The number of amides is 2. The predicted octanol–water partition coefficient (Wildman–Crippen LogP) is 1.41. The fourth-order valence-corrected chi connectivity index (χ4v) is 2.17. The summed E-state index contributed by atoms with van der Waals surface area (Å²) in [6.07, 6.45) is 1.96. The molecular weight excluding hydrogens is 278 g/mol. The van der Waals surface area contributed by atoms with Gasteiger partial charge in [0.2, 0.25) is 5.91 Å². The molecule has 2 amide bonds. The summed E-state index contributed by atoms with van der Waals surface area (Å²) in [6.45, 7) is 1.73. The van der Waals surface area contributed by atoms with E-state index in [1.54, 1.807) is 31.3 Å². The van der Waals surface area contributed by atoms with Crippen molar-refractivity contribution in [2.24, 2.45) is 5.92 Å². The average molecular weight is 298 g/mol. The van der Waals surface area contributed by atoms with Gasteiger partial charge in [-0.05, 0) is 43.7 Å². The Kier molecular flexibility index (Phi) is 6.48. The van der Waals surface area contributed by atoms with E-state index in [1.165, 1.54) is 0 Å². The van der Waals surface area contributed by atoms with E-state index >= 15 is 0 Å². The summed E-state index contributed by atoms with van der Waals surface area (Å²) in [4.78, 5) is 23.4. The highest BCUT2D eigenvalue weighted by molar-refractivity contribution is 5.96. The lowest BCUT2D eigenvalue weighted by Crippen LogP contribution is -2.37. The van der Waals surface area contributed by atoms with Crippen LogP contribution in [-0.4, -0.2) is 32.0 Å². The van der Waals surface area contributed by atoms with Crippen LogP contribution in [0.3, 0.4) is 0 Å². The molecule has 1 saturated heterocycles. The third kappa shape index (κ3) is 4.21. The van der Waals surface area contributed by atoms with Gasteiger partial charge in [0.1, 0.15) is 0 Å². The van der Waals surface area contributed by atoms with Gasteiger partial charge in [0.25, 0.3) is 5.91 Å². The number of nitrogens with one attached hydrogen (secondary N) is 3. The van der Waals surface area contributed by atoms with Gasteiger partial charge in [-0.25, -0.2) is 0 Å². The van der Waals surface area contributed by atoms with Gasteiger partial charge in [-0.1, -0.05) is 0 Å². The number of carbonyl (C=O) groups excluding carboxylic acids is 2. The second-order valence-corrected chi connectivity index (χ2v) is 4.69. The molecule has 0 bridgehead atoms. The third-order valence-electron chi connectivity index (χ3n) is 3.31. The summed E-state index contributed by atoms with van der Waals surface area (Å²) in [7, 11) is 1.59. The van der Waals surface area contributed by atoms with Crippen molar-refractivity contribution in [2.75, 3.05) is 25.5 Å². The number of carbonyl (C=O) groups is 2. The van der Waals surface area contributed by atoms with Crippen LogP contribution >= 0.6 is 12.4 Å². The lowest BCUT2D eigenvalue weighted by atomic mass is 9.99. The first-order chi connectivity index (χ1) is 9.20. The number of benzene rings is 1. The summed E-state index contributed by atoms with van der Waals surface area (Å²) >= 11 is 0. The molecule has 1 aliphatic rings. The van der Waals surface area contributed by atoms with E-state index in [-0.39, 0.29) is 30.1 Å². The van der Waals surface area contributed by atoms with Gasteiger partial charge in [-0.2, -0.15) is 0 Å². The fraction of sp³-hybridized carbons (Fsp3) is 0.429. The second-order valence-electron chi connectivity index (χ2n) is 4.69. The summed E-state index contributed by atoms with van der Waals surface area (Å²) in [5.41, 5.74) is 1.31. The molecule has 110 valence electrons. The van der Waals surface area contributed by atoms with Gasteiger partial charge in [-0.15, -0.1) is 12.4 Å². The Bertz CT molecular complexity index is 456. The molecule has 1 fully saturated rings. The maximum absolute atomic E-state index is 12.0. The molecule has 20 heavy (non-hydrogen) atoms. The highest BCUT2D eigenvalue weighted by Gasteiger charge is 2.20. The molecule has 5 nitrogen and oxygen atoms in total. The van der Waals surface area contributed by atoms with Crippen LogP contribution in [0.4, 0.5) is 5.69 Å². The molecule has 0 aliphatic carbocycles. The van der Waals surface area contributed by atoms with Crippen LogP contribution < -0.4 is 16.0 Å². The maximum atomic E-state index is 12.0. The van der Waals surface area contributed by atoms with Crippen molar-refractivity contribution < 1.29 is 9.59 Å². The number of hydrogen-bond acceptors (Lipinski definition) is 3. The lowest BCUT2D eigenvalue weighted by molar-refractivity contribution is -0.120. The van der Waals surface area contributed by atoms with Gasteiger partial charge >= 0.3 is 0 Å². The quantitative estimate of drug-likeness (QED) is 0.790. The van der Waals surface area contributed by atoms with Crippen LogP contribution in [0, 0.1) is 5.92 Å². The van der Waals surface area contributed by atoms with Crippen LogP contribution in [0.5, 0.6) is 0 Å². The molecule has 2 rings (SSSR count). The molecule has 1 atom stereocenters. The first-order valence-electron chi connectivity index (χ1n) is 6.54. The molecule has 1 aromatic rings. The van der Waals surface area contributed by atoms with Crippen LogP contribution in [0.25, 0.3) is 0 Å². The zero-order valence-electron chi connectivity index (χ0n) is 11.4. The molecule has 1 aliphatic heterocycles. The molecule has 3 N–H and O–H groups in total. The van der Waals surface area contributed by atoms with Gasteiger partial charge in [0.15, 0.2) is 0 Å². The predicted molar refractivity (Wildman–Crippen MR) is 81.3 cm³/mol. The first kappa shape index (κ1) is 16.5. The van der Waals surface area contributed by atoms with E-state index in [1.807, 2.05) is 0 Å². The van der Waals surface area contributed by atoms with Crippen molar-refractivity contribution in [1.82, 2.24) is 10.6 Å². The number of hydrogen-bond donors (Lipinski definition) is 3. The number of anilines is 1. The van der Waals surface area contributed by atoms with Crippen molar-refractivity contribution in [3.63, 3.8) is 0 Å². The Morgan fingerprint density at radius 1 is 1.25 bits per heavy atom. The average Bonchev–Trinajstić information content (AvgIpc) is 2.48. The molecule has 0 radical (unpaired) electrons. The minimum atomic E-state index is -0.130. The van der Waals surface area contributed by atoms with E-state index in [0.717, 1.165) is 31.6 Å². The molecule has 1 heterocycles. The summed E-state index contributed by atoms with van der Waals surface area (Å²) in [6, 6.07) is 6.90. The largest absolute Gasteiger partial charge is 0.355 e. The Morgan fingerprint density at radius 3 is 2.50 bits per heavy atom. The Morgan fingerprint density at radius 2 is 1.95 bits per heavy atom. The summed E-state index contributed by atoms with van der Waals surface area (Å²) in [5, 5.41) is 8.66. The van der Waals surface area contributed by atoms with Crippen molar-refractivity contribution in [3.8, 4) is 0 Å². The van der Waals surface area contributed by atoms with Gasteiger partial charge in [-0.3, -0.25) is 9.59 Å². The van der Waals surface area contributed by atoms with Crippen molar-refractivity contribution in [1.29, 1.82) is 0 Å². The van der Waals surface area contributed by atoms with E-state index in [9.17, 15) is 9.59 Å². The molecule has 0 aromatic heterocycles. The smallest absolute Gasteiger partial charge is 0.251 e. The van der Waals surface area contributed by atoms with Crippen LogP contribution in [0.1, 0.15) is 23.2 Å².